The molecule has 0 radical (unpaired) electrons. The van der Waals surface area contributed by atoms with Crippen molar-refractivity contribution in [3.05, 3.63) is 28.8 Å². The van der Waals surface area contributed by atoms with Crippen molar-refractivity contribution in [3.63, 3.8) is 0 Å². The number of piperidine rings is 2. The summed E-state index contributed by atoms with van der Waals surface area (Å²) in [6.07, 6.45) is 3.90. The maximum Gasteiger partial charge on any atom is 0.328 e. The van der Waals surface area contributed by atoms with Crippen LogP contribution < -0.4 is 0 Å². The summed E-state index contributed by atoms with van der Waals surface area (Å²) >= 11 is 0. The van der Waals surface area contributed by atoms with E-state index in [0.717, 1.165) is 31.2 Å². The van der Waals surface area contributed by atoms with Crippen molar-refractivity contribution >= 4 is 21.9 Å². The van der Waals surface area contributed by atoms with Crippen molar-refractivity contribution in [3.8, 4) is 0 Å². The van der Waals surface area contributed by atoms with Crippen LogP contribution in [-0.2, 0) is 19.6 Å². The number of carbonyl (C=O) groups is 2. The standard InChI is InChI=1S/C23H34N2O5S/c1-5-30-23(27)20-8-6-7-11-25(20)22(26)19-14-17(3)18(4)21(15-19)31(28,29)24-12-9-16(2)10-13-24/h14-16,20H,5-13H2,1-4H3. The van der Waals surface area contributed by atoms with Gasteiger partial charge in [0.25, 0.3) is 5.91 Å². The van der Waals surface area contributed by atoms with Gasteiger partial charge in [0, 0.05) is 25.2 Å². The van der Waals surface area contributed by atoms with Crippen LogP contribution in [0.15, 0.2) is 17.0 Å². The molecular weight excluding hydrogens is 416 g/mol. The minimum Gasteiger partial charge on any atom is -0.464 e. The average molecular weight is 451 g/mol. The first-order valence-corrected chi connectivity index (χ1v) is 12.7. The summed E-state index contributed by atoms with van der Waals surface area (Å²) in [5.41, 5.74) is 1.72. The number of sulfonamides is 1. The topological polar surface area (TPSA) is 84.0 Å². The van der Waals surface area contributed by atoms with Crippen LogP contribution in [0.5, 0.6) is 0 Å². The second-order valence-corrected chi connectivity index (χ2v) is 10.7. The fraction of sp³-hybridized carbons (Fsp3) is 0.652. The molecule has 3 rings (SSSR count). The van der Waals surface area contributed by atoms with Crippen molar-refractivity contribution < 1.29 is 22.7 Å². The first-order valence-electron chi connectivity index (χ1n) is 11.3. The van der Waals surface area contributed by atoms with Gasteiger partial charge < -0.3 is 9.64 Å². The molecule has 0 spiro atoms. The van der Waals surface area contributed by atoms with E-state index in [2.05, 4.69) is 6.92 Å². The fourth-order valence-corrected chi connectivity index (χ4v) is 6.20. The lowest BCUT2D eigenvalue weighted by atomic mass is 9.99. The molecule has 0 saturated carbocycles. The van der Waals surface area contributed by atoms with Gasteiger partial charge in [-0.05, 0) is 82.1 Å². The Balaban J connectivity index is 1.94. The molecule has 8 heteroatoms. The Morgan fingerprint density at radius 3 is 2.39 bits per heavy atom. The number of ether oxygens (including phenoxy) is 1. The number of nitrogens with zero attached hydrogens (tertiary/aromatic N) is 2. The molecule has 31 heavy (non-hydrogen) atoms. The van der Waals surface area contributed by atoms with Crippen LogP contribution in [0.25, 0.3) is 0 Å². The lowest BCUT2D eigenvalue weighted by Crippen LogP contribution is -2.48. The Labute approximate surface area is 185 Å². The minimum atomic E-state index is -3.69. The third kappa shape index (κ3) is 4.95. The van der Waals surface area contributed by atoms with Gasteiger partial charge in [0.1, 0.15) is 6.04 Å². The first kappa shape index (κ1) is 23.7. The van der Waals surface area contributed by atoms with Gasteiger partial charge >= 0.3 is 5.97 Å². The van der Waals surface area contributed by atoms with Crippen LogP contribution in [0.3, 0.4) is 0 Å². The molecule has 2 fully saturated rings. The highest BCUT2D eigenvalue weighted by Crippen LogP contribution is 2.29. The number of carbonyl (C=O) groups excluding carboxylic acids is 2. The quantitative estimate of drug-likeness (QED) is 0.643. The van der Waals surface area contributed by atoms with Gasteiger partial charge in [0.2, 0.25) is 10.0 Å². The van der Waals surface area contributed by atoms with Crippen molar-refractivity contribution in [2.75, 3.05) is 26.2 Å². The summed E-state index contributed by atoms with van der Waals surface area (Å²) in [6, 6.07) is 2.60. The third-order valence-electron chi connectivity index (χ3n) is 6.55. The zero-order valence-corrected chi connectivity index (χ0v) is 19.8. The van der Waals surface area contributed by atoms with E-state index < -0.39 is 22.0 Å². The Kier molecular flexibility index (Phi) is 7.42. The Morgan fingerprint density at radius 1 is 1.06 bits per heavy atom. The zero-order valence-electron chi connectivity index (χ0n) is 19.0. The van der Waals surface area contributed by atoms with Crippen LogP contribution in [0.2, 0.25) is 0 Å². The zero-order chi connectivity index (χ0) is 22.8. The molecule has 0 bridgehead atoms. The van der Waals surface area contributed by atoms with Gasteiger partial charge in [-0.2, -0.15) is 4.31 Å². The predicted octanol–water partition coefficient (Wildman–Crippen LogP) is 3.28. The molecular formula is C23H34N2O5S. The van der Waals surface area contributed by atoms with E-state index in [4.69, 9.17) is 4.74 Å². The molecule has 7 nitrogen and oxygen atoms in total. The first-order chi connectivity index (χ1) is 14.7. The lowest BCUT2D eigenvalue weighted by Gasteiger charge is -2.34. The van der Waals surface area contributed by atoms with E-state index in [0.29, 0.717) is 43.1 Å². The average Bonchev–Trinajstić information content (AvgIpc) is 2.75. The summed E-state index contributed by atoms with van der Waals surface area (Å²) in [4.78, 5) is 27.5. The molecule has 2 heterocycles. The van der Waals surface area contributed by atoms with Gasteiger partial charge in [0.05, 0.1) is 11.5 Å². The van der Waals surface area contributed by atoms with E-state index in [1.54, 1.807) is 24.8 Å². The van der Waals surface area contributed by atoms with Gasteiger partial charge in [-0.3, -0.25) is 4.79 Å². The summed E-state index contributed by atoms with van der Waals surface area (Å²) < 4.78 is 33.5. The van der Waals surface area contributed by atoms with Crippen LogP contribution in [0, 0.1) is 19.8 Å². The lowest BCUT2D eigenvalue weighted by molar-refractivity contribution is -0.149. The highest BCUT2D eigenvalue weighted by molar-refractivity contribution is 7.89. The number of amides is 1. The molecule has 1 atom stereocenters. The molecule has 2 aliphatic rings. The van der Waals surface area contributed by atoms with E-state index in [-0.39, 0.29) is 17.4 Å². The maximum absolute atomic E-state index is 13.4. The fourth-order valence-electron chi connectivity index (χ4n) is 4.41. The van der Waals surface area contributed by atoms with E-state index >= 15 is 0 Å². The number of hydrogen-bond donors (Lipinski definition) is 0. The minimum absolute atomic E-state index is 0.190. The van der Waals surface area contributed by atoms with E-state index in [9.17, 15) is 18.0 Å². The number of likely N-dealkylation sites (tertiary alicyclic amines) is 1. The summed E-state index contributed by atoms with van der Waals surface area (Å²) in [7, 11) is -3.69. The third-order valence-corrected chi connectivity index (χ3v) is 8.57. The molecule has 172 valence electrons. The van der Waals surface area contributed by atoms with Gasteiger partial charge in [-0.1, -0.05) is 6.92 Å². The maximum atomic E-state index is 13.4. The monoisotopic (exact) mass is 450 g/mol. The van der Waals surface area contributed by atoms with E-state index in [1.165, 1.54) is 10.4 Å². The van der Waals surface area contributed by atoms with Crippen LogP contribution in [-0.4, -0.2) is 61.8 Å². The number of esters is 1. The van der Waals surface area contributed by atoms with Crippen LogP contribution >= 0.6 is 0 Å². The smallest absolute Gasteiger partial charge is 0.328 e. The molecule has 2 saturated heterocycles. The molecule has 1 amide bonds. The van der Waals surface area contributed by atoms with Crippen LogP contribution in [0.1, 0.15) is 67.4 Å². The van der Waals surface area contributed by atoms with E-state index in [1.807, 2.05) is 6.92 Å². The normalized spacial score (nSPS) is 21.2. The van der Waals surface area contributed by atoms with Crippen molar-refractivity contribution in [1.29, 1.82) is 0 Å². The highest BCUT2D eigenvalue weighted by Gasteiger charge is 2.35. The van der Waals surface area contributed by atoms with Gasteiger partial charge in [0.15, 0.2) is 0 Å². The molecule has 1 aromatic rings. The molecule has 0 aliphatic carbocycles. The second kappa shape index (κ2) is 9.69. The molecule has 1 aromatic carbocycles. The van der Waals surface area contributed by atoms with Crippen molar-refractivity contribution in [2.45, 2.75) is 70.7 Å². The Hall–Kier alpha value is -1.93. The number of rotatable bonds is 5. The summed E-state index contributed by atoms with van der Waals surface area (Å²) in [5.74, 6) is -0.194. The SMILES string of the molecule is CCOC(=O)C1CCCCN1C(=O)c1cc(C)c(C)c(S(=O)(=O)N2CCC(C)CC2)c1. The Bertz CT molecular complexity index is 936. The van der Waals surface area contributed by atoms with Gasteiger partial charge in [-0.25, -0.2) is 13.2 Å². The second-order valence-electron chi connectivity index (χ2n) is 8.77. The van der Waals surface area contributed by atoms with Gasteiger partial charge in [-0.15, -0.1) is 0 Å². The largest absolute Gasteiger partial charge is 0.464 e. The molecule has 2 aliphatic heterocycles. The van der Waals surface area contributed by atoms with Crippen molar-refractivity contribution in [2.24, 2.45) is 5.92 Å². The summed E-state index contributed by atoms with van der Waals surface area (Å²) in [5, 5.41) is 0. The predicted molar refractivity (Wildman–Crippen MR) is 118 cm³/mol. The van der Waals surface area contributed by atoms with Crippen LogP contribution in [0.4, 0.5) is 0 Å². The number of aryl methyl sites for hydroxylation is 1. The Morgan fingerprint density at radius 2 is 1.74 bits per heavy atom. The number of hydrogen-bond acceptors (Lipinski definition) is 5. The highest BCUT2D eigenvalue weighted by atomic mass is 32.2. The number of benzene rings is 1. The molecule has 0 N–H and O–H groups in total. The molecule has 1 unspecified atom stereocenters. The summed E-state index contributed by atoms with van der Waals surface area (Å²) in [6.45, 7) is 9.20. The van der Waals surface area contributed by atoms with Crippen molar-refractivity contribution in [1.82, 2.24) is 9.21 Å². The molecule has 0 aromatic heterocycles.